The number of allylic oxidation sites excluding steroid dienone is 1. The maximum atomic E-state index is 12.1. The molecular formula is C21H28O2. The average molecular weight is 312 g/mol. The van der Waals surface area contributed by atoms with E-state index in [0.717, 1.165) is 12.8 Å². The number of benzene rings is 1. The summed E-state index contributed by atoms with van der Waals surface area (Å²) in [6.07, 6.45) is 7.04. The van der Waals surface area contributed by atoms with Gasteiger partial charge >= 0.3 is 0 Å². The van der Waals surface area contributed by atoms with Crippen LogP contribution in [0, 0.1) is 10.8 Å². The van der Waals surface area contributed by atoms with Crippen LogP contribution in [0.2, 0.25) is 0 Å². The van der Waals surface area contributed by atoms with Crippen LogP contribution >= 0.6 is 0 Å². The van der Waals surface area contributed by atoms with Crippen molar-refractivity contribution in [2.75, 3.05) is 0 Å². The molecule has 0 saturated heterocycles. The molecule has 0 spiro atoms. The fourth-order valence-corrected chi connectivity index (χ4v) is 4.26. The molecular weight excluding hydrogens is 284 g/mol. The maximum absolute atomic E-state index is 12.1. The monoisotopic (exact) mass is 312 g/mol. The van der Waals surface area contributed by atoms with E-state index in [0.29, 0.717) is 13.0 Å². The normalized spacial score (nSPS) is 30.3. The molecule has 124 valence electrons. The largest absolute Gasteiger partial charge is 0.369 e. The Kier molecular flexibility index (Phi) is 4.46. The Hall–Kier alpha value is -1.41. The van der Waals surface area contributed by atoms with Gasteiger partial charge in [-0.2, -0.15) is 0 Å². The first-order valence-electron chi connectivity index (χ1n) is 8.83. The molecule has 0 aromatic heterocycles. The summed E-state index contributed by atoms with van der Waals surface area (Å²) in [7, 11) is 0. The Balaban J connectivity index is 1.82. The van der Waals surface area contributed by atoms with Gasteiger partial charge in [-0.15, -0.1) is 0 Å². The topological polar surface area (TPSA) is 26.3 Å². The second-order valence-corrected chi connectivity index (χ2v) is 7.96. The summed E-state index contributed by atoms with van der Waals surface area (Å²) in [5.41, 5.74) is 2.74. The molecule has 2 aliphatic rings. The van der Waals surface area contributed by atoms with Crippen LogP contribution in [0.25, 0.3) is 0 Å². The first-order valence-corrected chi connectivity index (χ1v) is 8.83. The van der Waals surface area contributed by atoms with Crippen molar-refractivity contribution in [3.8, 4) is 0 Å². The molecule has 2 atom stereocenters. The van der Waals surface area contributed by atoms with Gasteiger partial charge in [-0.1, -0.05) is 57.5 Å². The number of hydrogen-bond acceptors (Lipinski definition) is 2. The summed E-state index contributed by atoms with van der Waals surface area (Å²) < 4.78 is 6.28. The van der Waals surface area contributed by atoms with Gasteiger partial charge in [0, 0.05) is 6.42 Å². The van der Waals surface area contributed by atoms with Gasteiger partial charge in [0.1, 0.15) is 0 Å². The molecule has 0 aliphatic heterocycles. The van der Waals surface area contributed by atoms with Crippen molar-refractivity contribution in [1.29, 1.82) is 0 Å². The smallest absolute Gasteiger partial charge is 0.155 e. The number of carbonyl (C=O) groups is 1. The lowest BCUT2D eigenvalue weighted by Gasteiger charge is -2.44. The molecule has 1 aromatic rings. The highest BCUT2D eigenvalue weighted by atomic mass is 16.5. The second kappa shape index (κ2) is 6.24. The predicted octanol–water partition coefficient (Wildman–Crippen LogP) is 5.08. The molecule has 0 bridgehead atoms. The Morgan fingerprint density at radius 3 is 2.52 bits per heavy atom. The molecule has 2 aliphatic carbocycles. The van der Waals surface area contributed by atoms with Crippen LogP contribution in [0.1, 0.15) is 58.4 Å². The van der Waals surface area contributed by atoms with Gasteiger partial charge in [-0.05, 0) is 47.3 Å². The van der Waals surface area contributed by atoms with Crippen LogP contribution in [-0.2, 0) is 16.1 Å². The van der Waals surface area contributed by atoms with E-state index < -0.39 is 0 Å². The van der Waals surface area contributed by atoms with E-state index in [4.69, 9.17) is 4.74 Å². The highest BCUT2D eigenvalue weighted by Gasteiger charge is 2.50. The summed E-state index contributed by atoms with van der Waals surface area (Å²) in [4.78, 5) is 12.1. The van der Waals surface area contributed by atoms with Crippen molar-refractivity contribution in [2.45, 2.75) is 65.6 Å². The highest BCUT2D eigenvalue weighted by molar-refractivity contribution is 5.91. The third kappa shape index (κ3) is 3.14. The van der Waals surface area contributed by atoms with Crippen LogP contribution in [0.15, 0.2) is 42.0 Å². The summed E-state index contributed by atoms with van der Waals surface area (Å²) in [5, 5.41) is 0. The number of ether oxygens (including phenoxy) is 1. The van der Waals surface area contributed by atoms with Gasteiger partial charge in [-0.3, -0.25) is 4.79 Å². The Bertz CT molecular complexity index is 600. The second-order valence-electron chi connectivity index (χ2n) is 7.96. The van der Waals surface area contributed by atoms with Crippen molar-refractivity contribution < 1.29 is 9.53 Å². The van der Waals surface area contributed by atoms with E-state index in [2.05, 4.69) is 32.9 Å². The SMILES string of the molecule is CC1(C)CCC[C@]1(C)C1=CC(=O)CCC1OCc1ccccc1. The molecule has 3 rings (SSSR count). The van der Waals surface area contributed by atoms with E-state index in [9.17, 15) is 4.79 Å². The summed E-state index contributed by atoms with van der Waals surface area (Å²) in [5.74, 6) is 0.267. The molecule has 1 unspecified atom stereocenters. The van der Waals surface area contributed by atoms with Crippen molar-refractivity contribution in [3.63, 3.8) is 0 Å². The molecule has 0 N–H and O–H groups in total. The number of hydrogen-bond donors (Lipinski definition) is 0. The Labute approximate surface area is 139 Å². The van der Waals surface area contributed by atoms with E-state index >= 15 is 0 Å². The minimum atomic E-state index is 0.0738. The Morgan fingerprint density at radius 1 is 1.13 bits per heavy atom. The van der Waals surface area contributed by atoms with Gasteiger partial charge in [-0.25, -0.2) is 0 Å². The molecule has 1 saturated carbocycles. The number of rotatable bonds is 4. The fourth-order valence-electron chi connectivity index (χ4n) is 4.26. The van der Waals surface area contributed by atoms with Crippen LogP contribution in [0.3, 0.4) is 0 Å². The quantitative estimate of drug-likeness (QED) is 0.775. The average Bonchev–Trinajstić information content (AvgIpc) is 2.81. The molecule has 0 heterocycles. The third-order valence-electron chi connectivity index (χ3n) is 6.22. The standard InChI is InChI=1S/C21H28O2/c1-20(2)12-7-13-21(20,3)18-14-17(22)10-11-19(18)23-15-16-8-5-4-6-9-16/h4-6,8-9,14,19H,7,10-13,15H2,1-3H3/t19?,21-/m1/s1. The number of carbonyl (C=O) groups excluding carboxylic acids is 1. The molecule has 0 amide bonds. The van der Waals surface area contributed by atoms with Crippen molar-refractivity contribution in [1.82, 2.24) is 0 Å². The van der Waals surface area contributed by atoms with Crippen LogP contribution < -0.4 is 0 Å². The van der Waals surface area contributed by atoms with Gasteiger partial charge in [0.05, 0.1) is 12.7 Å². The summed E-state index contributed by atoms with van der Waals surface area (Å²) >= 11 is 0. The van der Waals surface area contributed by atoms with E-state index in [-0.39, 0.29) is 22.7 Å². The highest BCUT2D eigenvalue weighted by Crippen LogP contribution is 2.58. The number of ketones is 1. The van der Waals surface area contributed by atoms with Crippen molar-refractivity contribution in [2.24, 2.45) is 10.8 Å². The minimum absolute atomic E-state index is 0.0738. The summed E-state index contributed by atoms with van der Waals surface area (Å²) in [6, 6.07) is 10.3. The molecule has 1 fully saturated rings. The van der Waals surface area contributed by atoms with Gasteiger partial charge < -0.3 is 4.74 Å². The van der Waals surface area contributed by atoms with Gasteiger partial charge in [0.2, 0.25) is 0 Å². The molecule has 23 heavy (non-hydrogen) atoms. The minimum Gasteiger partial charge on any atom is -0.369 e. The van der Waals surface area contributed by atoms with Crippen LogP contribution in [-0.4, -0.2) is 11.9 Å². The van der Waals surface area contributed by atoms with E-state index in [1.54, 1.807) is 0 Å². The van der Waals surface area contributed by atoms with Crippen molar-refractivity contribution in [3.05, 3.63) is 47.5 Å². The Morgan fingerprint density at radius 2 is 1.87 bits per heavy atom. The first kappa shape index (κ1) is 16.4. The van der Waals surface area contributed by atoms with E-state index in [1.165, 1.54) is 24.0 Å². The van der Waals surface area contributed by atoms with Crippen molar-refractivity contribution >= 4 is 5.78 Å². The zero-order chi connectivity index (χ0) is 16.5. The summed E-state index contributed by atoms with van der Waals surface area (Å²) in [6.45, 7) is 7.64. The lowest BCUT2D eigenvalue weighted by atomic mass is 9.62. The lowest BCUT2D eigenvalue weighted by Crippen LogP contribution is -2.39. The van der Waals surface area contributed by atoms with Gasteiger partial charge in [0.15, 0.2) is 5.78 Å². The molecule has 1 aromatic carbocycles. The fraction of sp³-hybridized carbons (Fsp3) is 0.571. The van der Waals surface area contributed by atoms with Crippen LogP contribution in [0.5, 0.6) is 0 Å². The zero-order valence-electron chi connectivity index (χ0n) is 14.6. The molecule has 2 nitrogen and oxygen atoms in total. The zero-order valence-corrected chi connectivity index (χ0v) is 14.6. The van der Waals surface area contributed by atoms with Gasteiger partial charge in [0.25, 0.3) is 0 Å². The molecule has 0 radical (unpaired) electrons. The first-order chi connectivity index (χ1) is 10.9. The predicted molar refractivity (Wildman–Crippen MR) is 93.1 cm³/mol. The van der Waals surface area contributed by atoms with Crippen LogP contribution in [0.4, 0.5) is 0 Å². The third-order valence-corrected chi connectivity index (χ3v) is 6.22. The maximum Gasteiger partial charge on any atom is 0.155 e. The molecule has 2 heteroatoms. The van der Waals surface area contributed by atoms with E-state index in [1.807, 2.05) is 24.3 Å². The lowest BCUT2D eigenvalue weighted by molar-refractivity contribution is -0.116.